The van der Waals surface area contributed by atoms with Gasteiger partial charge in [-0.2, -0.15) is 4.57 Å². The molecular weight excluding hydrogens is 451 g/mol. The van der Waals surface area contributed by atoms with E-state index in [1.54, 1.807) is 41.2 Å². The number of rotatable bonds is 3. The number of allylic oxidation sites excluding steroid dienone is 2. The van der Waals surface area contributed by atoms with E-state index in [4.69, 9.17) is 0 Å². The average molecular weight is 468 g/mol. The lowest BCUT2D eigenvalue weighted by Gasteiger charge is -2.18. The number of ketones is 2. The zero-order valence-corrected chi connectivity index (χ0v) is 16.8. The molecule has 0 saturated heterocycles. The van der Waals surface area contributed by atoms with Gasteiger partial charge in [0.05, 0.1) is 0 Å². The van der Waals surface area contributed by atoms with Gasteiger partial charge in [0.2, 0.25) is 5.78 Å². The van der Waals surface area contributed by atoms with Gasteiger partial charge in [0, 0.05) is 28.9 Å². The summed E-state index contributed by atoms with van der Waals surface area (Å²) in [6.07, 6.45) is 3.60. The van der Waals surface area contributed by atoms with Crippen LogP contribution in [0.3, 0.4) is 0 Å². The van der Waals surface area contributed by atoms with Crippen LogP contribution >= 0.6 is 0 Å². The van der Waals surface area contributed by atoms with E-state index in [0.29, 0.717) is 16.8 Å². The molecule has 0 amide bonds. The fourth-order valence-corrected chi connectivity index (χ4v) is 3.04. The third-order valence-electron chi connectivity index (χ3n) is 4.39. The zero-order chi connectivity index (χ0) is 18.1. The maximum Gasteiger partial charge on any atom is 0.286 e. The number of benzene rings is 2. The van der Waals surface area contributed by atoms with Crippen molar-refractivity contribution in [1.29, 1.82) is 0 Å². The first-order valence-electron chi connectivity index (χ1n) is 8.38. The summed E-state index contributed by atoms with van der Waals surface area (Å²) in [5.41, 5.74) is 3.31. The number of halogens is 1. The first-order chi connectivity index (χ1) is 12.6. The van der Waals surface area contributed by atoms with Gasteiger partial charge in [0.1, 0.15) is 0 Å². The van der Waals surface area contributed by atoms with Crippen LogP contribution in [0.5, 0.6) is 0 Å². The van der Waals surface area contributed by atoms with Crippen LogP contribution in [0.1, 0.15) is 26.3 Å². The number of carbonyl (C=O) groups is 2. The molecule has 0 spiro atoms. The molecule has 0 atom stereocenters. The number of hydrogen-bond donors (Lipinski definition) is 1. The number of nitrogens with one attached hydrogen (secondary N) is 1. The summed E-state index contributed by atoms with van der Waals surface area (Å²) < 4.78 is 1.70. The zero-order valence-electron chi connectivity index (χ0n) is 14.6. The Hall–Kier alpha value is -2.80. The average Bonchev–Trinajstić information content (AvgIpc) is 2.68. The van der Waals surface area contributed by atoms with Gasteiger partial charge in [0.25, 0.3) is 11.5 Å². The normalized spacial score (nSPS) is 13.1. The molecule has 0 bridgehead atoms. The summed E-state index contributed by atoms with van der Waals surface area (Å²) in [5, 5.41) is 3.15. The van der Waals surface area contributed by atoms with E-state index in [1.165, 1.54) is 0 Å². The Morgan fingerprint density at radius 2 is 1.30 bits per heavy atom. The number of aryl methyl sites for hydroxylation is 1. The Bertz CT molecular complexity index is 1040. The van der Waals surface area contributed by atoms with E-state index in [0.717, 1.165) is 11.3 Å². The van der Waals surface area contributed by atoms with Gasteiger partial charge in [-0.05, 0) is 24.6 Å². The van der Waals surface area contributed by atoms with Crippen molar-refractivity contribution in [2.45, 2.75) is 6.92 Å². The van der Waals surface area contributed by atoms with Gasteiger partial charge in [-0.3, -0.25) is 9.59 Å². The lowest BCUT2D eigenvalue weighted by atomic mass is 9.90. The molecule has 1 aliphatic rings. The van der Waals surface area contributed by atoms with Crippen molar-refractivity contribution in [3.8, 4) is 0 Å². The van der Waals surface area contributed by atoms with Crippen molar-refractivity contribution in [1.82, 2.24) is 0 Å². The van der Waals surface area contributed by atoms with E-state index in [2.05, 4.69) is 5.32 Å². The second-order valence-electron chi connectivity index (χ2n) is 6.20. The Morgan fingerprint density at radius 1 is 0.741 bits per heavy atom. The topological polar surface area (TPSA) is 50.1 Å². The molecule has 3 aromatic rings. The molecule has 4 nitrogen and oxygen atoms in total. The highest BCUT2D eigenvalue weighted by Gasteiger charge is 2.38. The summed E-state index contributed by atoms with van der Waals surface area (Å²) >= 11 is 0. The first kappa shape index (κ1) is 19.0. The molecule has 0 saturated carbocycles. The van der Waals surface area contributed by atoms with Crippen LogP contribution in [-0.4, -0.2) is 11.6 Å². The molecule has 1 heterocycles. The van der Waals surface area contributed by atoms with Gasteiger partial charge in [0.15, 0.2) is 18.1 Å². The molecule has 0 fully saturated rings. The minimum Gasteiger partial charge on any atom is -1.00 e. The van der Waals surface area contributed by atoms with Crippen LogP contribution in [0.4, 0.5) is 5.69 Å². The van der Waals surface area contributed by atoms with Crippen molar-refractivity contribution in [2.75, 3.05) is 5.32 Å². The smallest absolute Gasteiger partial charge is 0.286 e. The molecule has 1 aromatic heterocycles. The maximum absolute atomic E-state index is 13.2. The maximum atomic E-state index is 13.2. The van der Waals surface area contributed by atoms with Gasteiger partial charge >= 0.3 is 0 Å². The Labute approximate surface area is 174 Å². The van der Waals surface area contributed by atoms with E-state index in [9.17, 15) is 9.59 Å². The molecule has 1 N–H and O–H groups in total. The highest BCUT2D eigenvalue weighted by atomic mass is 127. The largest absolute Gasteiger partial charge is 1.00 e. The molecule has 1 aliphatic carbocycles. The van der Waals surface area contributed by atoms with Crippen molar-refractivity contribution < 1.29 is 38.1 Å². The van der Waals surface area contributed by atoms with Crippen LogP contribution in [0.15, 0.2) is 84.8 Å². The number of carbonyl (C=O) groups excluding carboxylic acids is 2. The van der Waals surface area contributed by atoms with Crippen molar-refractivity contribution in [2.24, 2.45) is 0 Å². The molecule has 134 valence electrons. The number of hydrogen-bond acceptors (Lipinski definition) is 3. The molecule has 0 radical (unpaired) electrons. The standard InChI is InChI=1S/C22H16N2O2.HI/c1-15-11-13-24(14-12-15)20-19(23-16-7-3-2-4-8-16)21(25)17-9-5-6-10-18(17)22(20)26;/h2-14H,1H3;1H. The van der Waals surface area contributed by atoms with Crippen LogP contribution in [0.2, 0.25) is 0 Å². The number of Topliss-reactive ketones (excluding diaryl/α,β-unsaturated/α-hetero) is 2. The SMILES string of the molecule is Cc1cc[n+](C2=C(Nc3ccccc3)C(=O)c3ccccc3C2=O)cc1.[I-]. The van der Waals surface area contributed by atoms with E-state index in [-0.39, 0.29) is 41.2 Å². The number of fused-ring (bicyclic) bond motifs is 1. The molecule has 27 heavy (non-hydrogen) atoms. The highest BCUT2D eigenvalue weighted by molar-refractivity contribution is 6.36. The van der Waals surface area contributed by atoms with Crippen LogP contribution in [0.25, 0.3) is 5.70 Å². The van der Waals surface area contributed by atoms with Crippen LogP contribution in [-0.2, 0) is 0 Å². The van der Waals surface area contributed by atoms with Gasteiger partial charge in [-0.1, -0.05) is 42.5 Å². The van der Waals surface area contributed by atoms with Crippen molar-refractivity contribution in [3.05, 3.63) is 102 Å². The second kappa shape index (κ2) is 7.84. The fraction of sp³-hybridized carbons (Fsp3) is 0.0455. The summed E-state index contributed by atoms with van der Waals surface area (Å²) in [7, 11) is 0. The summed E-state index contributed by atoms with van der Waals surface area (Å²) in [4.78, 5) is 26.3. The number of pyridine rings is 1. The summed E-state index contributed by atoms with van der Waals surface area (Å²) in [6, 6.07) is 20.1. The monoisotopic (exact) mass is 468 g/mol. The van der Waals surface area contributed by atoms with E-state index >= 15 is 0 Å². The van der Waals surface area contributed by atoms with Gasteiger partial charge in [-0.25, -0.2) is 0 Å². The van der Waals surface area contributed by atoms with Gasteiger partial charge in [-0.15, -0.1) is 0 Å². The summed E-state index contributed by atoms with van der Waals surface area (Å²) in [6.45, 7) is 1.98. The fourth-order valence-electron chi connectivity index (χ4n) is 3.04. The molecular formula is C22H17IN2O2. The van der Waals surface area contributed by atoms with Crippen molar-refractivity contribution in [3.63, 3.8) is 0 Å². The summed E-state index contributed by atoms with van der Waals surface area (Å²) in [5.74, 6) is -0.361. The quantitative estimate of drug-likeness (QED) is 0.454. The van der Waals surface area contributed by atoms with Crippen molar-refractivity contribution >= 4 is 23.0 Å². The number of nitrogens with zero attached hydrogens (tertiary/aromatic N) is 1. The number of aromatic nitrogens is 1. The third-order valence-corrected chi connectivity index (χ3v) is 4.39. The van der Waals surface area contributed by atoms with Crippen LogP contribution in [0, 0.1) is 6.92 Å². The molecule has 5 heteroatoms. The molecule has 0 unspecified atom stereocenters. The molecule has 4 rings (SSSR count). The second-order valence-corrected chi connectivity index (χ2v) is 6.20. The minimum absolute atomic E-state index is 0. The van der Waals surface area contributed by atoms with Gasteiger partial charge < -0.3 is 29.3 Å². The predicted octanol–water partition coefficient (Wildman–Crippen LogP) is 0.646. The number of anilines is 1. The van der Waals surface area contributed by atoms with Crippen LogP contribution < -0.4 is 33.9 Å². The first-order valence-corrected chi connectivity index (χ1v) is 8.38. The Balaban J connectivity index is 0.00000210. The predicted molar refractivity (Wildman–Crippen MR) is 99.8 cm³/mol. The third kappa shape index (κ3) is 3.55. The highest BCUT2D eigenvalue weighted by Crippen LogP contribution is 2.27. The Morgan fingerprint density at radius 3 is 1.93 bits per heavy atom. The van der Waals surface area contributed by atoms with E-state index < -0.39 is 0 Å². The molecule has 0 aliphatic heterocycles. The lowest BCUT2D eigenvalue weighted by molar-refractivity contribution is -0.577. The Kier molecular flexibility index (Phi) is 5.51. The minimum atomic E-state index is -0.188. The lowest BCUT2D eigenvalue weighted by Crippen LogP contribution is -3.00. The number of para-hydroxylation sites is 1. The van der Waals surface area contributed by atoms with E-state index in [1.807, 2.05) is 49.4 Å². The molecule has 2 aromatic carbocycles.